The highest BCUT2D eigenvalue weighted by atomic mass is 35.5. The van der Waals surface area contributed by atoms with E-state index in [4.69, 9.17) is 11.6 Å². The van der Waals surface area contributed by atoms with Crippen molar-refractivity contribution in [2.75, 3.05) is 10.6 Å². The molecule has 3 heterocycles. The second-order valence-corrected chi connectivity index (χ2v) is 7.74. The summed E-state index contributed by atoms with van der Waals surface area (Å²) in [5.41, 5.74) is 0.917. The SMILES string of the molecule is O=C1NC(=O)/C(=C/c2cnn3c(NC4CC4)cc(NC(=O)c4ccc(Cl)c(F)c4)nc23)N1. The first kappa shape index (κ1) is 19.9. The van der Waals surface area contributed by atoms with Crippen LogP contribution in [-0.2, 0) is 4.79 Å². The van der Waals surface area contributed by atoms with Gasteiger partial charge in [-0.25, -0.2) is 14.2 Å². The van der Waals surface area contributed by atoms with Gasteiger partial charge >= 0.3 is 6.03 Å². The Bertz CT molecular complexity index is 1330. The zero-order valence-electron chi connectivity index (χ0n) is 16.3. The normalized spacial score (nSPS) is 16.9. The highest BCUT2D eigenvalue weighted by molar-refractivity contribution is 6.30. The quantitative estimate of drug-likeness (QED) is 0.345. The maximum absolute atomic E-state index is 13.7. The number of benzene rings is 1. The number of nitrogens with one attached hydrogen (secondary N) is 4. The highest BCUT2D eigenvalue weighted by Gasteiger charge is 2.25. The lowest BCUT2D eigenvalue weighted by atomic mass is 10.2. The van der Waals surface area contributed by atoms with E-state index >= 15 is 0 Å². The summed E-state index contributed by atoms with van der Waals surface area (Å²) in [4.78, 5) is 40.3. The molecule has 0 atom stereocenters. The van der Waals surface area contributed by atoms with Crippen LogP contribution in [0.15, 0.2) is 36.2 Å². The molecule has 1 saturated heterocycles. The number of hydrogen-bond donors (Lipinski definition) is 4. The Morgan fingerprint density at radius 3 is 2.75 bits per heavy atom. The van der Waals surface area contributed by atoms with Gasteiger partial charge in [-0.3, -0.25) is 14.9 Å². The second-order valence-electron chi connectivity index (χ2n) is 7.33. The fourth-order valence-corrected chi connectivity index (χ4v) is 3.27. The van der Waals surface area contributed by atoms with Crippen molar-refractivity contribution >= 4 is 52.8 Å². The Balaban J connectivity index is 1.52. The maximum atomic E-state index is 13.7. The number of fused-ring (bicyclic) bond motifs is 1. The van der Waals surface area contributed by atoms with E-state index in [0.29, 0.717) is 17.0 Å². The van der Waals surface area contributed by atoms with Crippen molar-refractivity contribution in [3.05, 3.63) is 58.1 Å². The van der Waals surface area contributed by atoms with E-state index in [9.17, 15) is 18.8 Å². The minimum absolute atomic E-state index is 0.0504. The zero-order valence-corrected chi connectivity index (χ0v) is 17.0. The molecule has 2 aliphatic rings. The number of imide groups is 1. The van der Waals surface area contributed by atoms with Crippen LogP contribution in [0.1, 0.15) is 28.8 Å². The summed E-state index contributed by atoms with van der Waals surface area (Å²) in [6.45, 7) is 0. The largest absolute Gasteiger partial charge is 0.367 e. The molecule has 0 radical (unpaired) electrons. The molecule has 12 heteroatoms. The first-order valence-electron chi connectivity index (χ1n) is 9.63. The molecule has 1 aliphatic heterocycles. The van der Waals surface area contributed by atoms with Crippen LogP contribution >= 0.6 is 11.6 Å². The Labute approximate surface area is 184 Å². The molecule has 4 N–H and O–H groups in total. The topological polar surface area (TPSA) is 130 Å². The Kier molecular flexibility index (Phi) is 4.74. The van der Waals surface area contributed by atoms with Crippen molar-refractivity contribution in [3.8, 4) is 0 Å². The second kappa shape index (κ2) is 7.61. The molecule has 2 aromatic heterocycles. The van der Waals surface area contributed by atoms with Gasteiger partial charge in [-0.2, -0.15) is 9.61 Å². The van der Waals surface area contributed by atoms with Crippen LogP contribution < -0.4 is 21.3 Å². The highest BCUT2D eigenvalue weighted by Crippen LogP contribution is 2.28. The lowest BCUT2D eigenvalue weighted by molar-refractivity contribution is -0.115. The number of carbonyl (C=O) groups is 3. The van der Waals surface area contributed by atoms with Crippen LogP contribution in [0, 0.1) is 5.82 Å². The molecule has 32 heavy (non-hydrogen) atoms. The van der Waals surface area contributed by atoms with E-state index in [1.807, 2.05) is 0 Å². The van der Waals surface area contributed by atoms with Gasteiger partial charge in [-0.1, -0.05) is 11.6 Å². The molecule has 0 unspecified atom stereocenters. The molecule has 0 bridgehead atoms. The smallest absolute Gasteiger partial charge is 0.326 e. The lowest BCUT2D eigenvalue weighted by Gasteiger charge is -2.11. The molecule has 5 rings (SSSR count). The molecule has 1 aliphatic carbocycles. The van der Waals surface area contributed by atoms with E-state index < -0.39 is 23.7 Å². The minimum Gasteiger partial charge on any atom is -0.367 e. The standard InChI is InChI=1S/C20H15ClFN7O3/c21-12-4-1-9(5-13(12)22)18(30)27-15-7-16(24-11-2-3-11)29-17(26-15)10(8-23-29)6-14-19(31)28-20(32)25-14/h1,4-8,11,24H,2-3H2,(H,26,27,30)(H2,25,28,31,32)/b14-6-. The van der Waals surface area contributed by atoms with Crippen molar-refractivity contribution in [2.45, 2.75) is 18.9 Å². The zero-order chi connectivity index (χ0) is 22.4. The van der Waals surface area contributed by atoms with E-state index in [-0.39, 0.29) is 28.1 Å². The summed E-state index contributed by atoms with van der Waals surface area (Å²) in [6, 6.07) is 5.01. The molecule has 1 aromatic carbocycles. The van der Waals surface area contributed by atoms with Crippen LogP contribution in [0.5, 0.6) is 0 Å². The number of aromatic nitrogens is 3. The average molecular weight is 456 g/mol. The number of hydrogen-bond acceptors (Lipinski definition) is 6. The van der Waals surface area contributed by atoms with Gasteiger partial charge in [0, 0.05) is 23.2 Å². The molecule has 2 fully saturated rings. The van der Waals surface area contributed by atoms with E-state index in [0.717, 1.165) is 18.9 Å². The molecular formula is C20H15ClFN7O3. The fraction of sp³-hybridized carbons (Fsp3) is 0.150. The number of amides is 4. The lowest BCUT2D eigenvalue weighted by Crippen LogP contribution is -2.22. The van der Waals surface area contributed by atoms with Crippen molar-refractivity contribution in [1.29, 1.82) is 0 Å². The molecule has 0 spiro atoms. The number of nitrogens with zero attached hydrogens (tertiary/aromatic N) is 3. The monoisotopic (exact) mass is 455 g/mol. The van der Waals surface area contributed by atoms with Gasteiger partial charge in [0.1, 0.15) is 23.1 Å². The van der Waals surface area contributed by atoms with Crippen molar-refractivity contribution in [3.63, 3.8) is 0 Å². The van der Waals surface area contributed by atoms with E-state index in [2.05, 4.69) is 31.3 Å². The van der Waals surface area contributed by atoms with Crippen LogP contribution in [-0.4, -0.2) is 38.5 Å². The first-order valence-corrected chi connectivity index (χ1v) is 10.0. The van der Waals surface area contributed by atoms with Gasteiger partial charge in [0.25, 0.3) is 11.8 Å². The Morgan fingerprint density at radius 2 is 2.06 bits per heavy atom. The summed E-state index contributed by atoms with van der Waals surface area (Å²) in [7, 11) is 0. The van der Waals surface area contributed by atoms with Crippen LogP contribution in [0.3, 0.4) is 0 Å². The average Bonchev–Trinajstić information content (AvgIpc) is 3.38. The maximum Gasteiger partial charge on any atom is 0.326 e. The van der Waals surface area contributed by atoms with Gasteiger partial charge in [0.15, 0.2) is 5.65 Å². The Morgan fingerprint density at radius 1 is 1.25 bits per heavy atom. The molecule has 1 saturated carbocycles. The molecule has 3 aromatic rings. The van der Waals surface area contributed by atoms with Crippen molar-refractivity contribution in [2.24, 2.45) is 0 Å². The summed E-state index contributed by atoms with van der Waals surface area (Å²) < 4.78 is 15.3. The number of halogens is 2. The van der Waals surface area contributed by atoms with Gasteiger partial charge in [0.2, 0.25) is 0 Å². The summed E-state index contributed by atoms with van der Waals surface area (Å²) in [5, 5.41) is 14.7. The van der Waals surface area contributed by atoms with Gasteiger partial charge in [-0.15, -0.1) is 0 Å². The van der Waals surface area contributed by atoms with Gasteiger partial charge in [0.05, 0.1) is 11.2 Å². The number of anilines is 2. The fourth-order valence-electron chi connectivity index (χ4n) is 3.15. The summed E-state index contributed by atoms with van der Waals surface area (Å²) in [5.74, 6) is -1.07. The van der Waals surface area contributed by atoms with Crippen LogP contribution in [0.2, 0.25) is 5.02 Å². The van der Waals surface area contributed by atoms with Crippen molar-refractivity contribution < 1.29 is 18.8 Å². The van der Waals surface area contributed by atoms with Gasteiger partial charge < -0.3 is 16.0 Å². The summed E-state index contributed by atoms with van der Waals surface area (Å²) in [6.07, 6.45) is 4.93. The third kappa shape index (κ3) is 3.85. The van der Waals surface area contributed by atoms with Crippen LogP contribution in [0.25, 0.3) is 11.7 Å². The molecular weight excluding hydrogens is 441 g/mol. The minimum atomic E-state index is -0.708. The van der Waals surface area contributed by atoms with Crippen molar-refractivity contribution in [1.82, 2.24) is 25.2 Å². The number of carbonyl (C=O) groups excluding carboxylic acids is 3. The molecule has 10 nitrogen and oxygen atoms in total. The predicted molar refractivity (Wildman–Crippen MR) is 114 cm³/mol. The molecule has 162 valence electrons. The predicted octanol–water partition coefficient (Wildman–Crippen LogP) is 2.53. The van der Waals surface area contributed by atoms with E-state index in [1.165, 1.54) is 28.9 Å². The number of rotatable bonds is 5. The first-order chi connectivity index (χ1) is 15.4. The van der Waals surface area contributed by atoms with Crippen LogP contribution in [0.4, 0.5) is 20.8 Å². The number of urea groups is 1. The molecule has 4 amide bonds. The third-order valence-corrected chi connectivity index (χ3v) is 5.18. The Hall–Kier alpha value is -3.99. The summed E-state index contributed by atoms with van der Waals surface area (Å²) >= 11 is 5.68. The third-order valence-electron chi connectivity index (χ3n) is 4.87. The van der Waals surface area contributed by atoms with Gasteiger partial charge in [-0.05, 0) is 37.1 Å². The van der Waals surface area contributed by atoms with E-state index in [1.54, 1.807) is 6.07 Å².